The van der Waals surface area contributed by atoms with Gasteiger partial charge in [0.1, 0.15) is 5.75 Å². The third-order valence-corrected chi connectivity index (χ3v) is 3.03. The lowest BCUT2D eigenvalue weighted by atomic mass is 10.0. The first-order valence-corrected chi connectivity index (χ1v) is 5.85. The van der Waals surface area contributed by atoms with Crippen LogP contribution in [0, 0.1) is 0 Å². The van der Waals surface area contributed by atoms with E-state index in [1.807, 2.05) is 12.3 Å². The van der Waals surface area contributed by atoms with E-state index in [1.54, 1.807) is 13.3 Å². The predicted molar refractivity (Wildman–Crippen MR) is 73.7 cm³/mol. The van der Waals surface area contributed by atoms with E-state index in [1.165, 1.54) is 10.8 Å². The summed E-state index contributed by atoms with van der Waals surface area (Å²) in [6.45, 7) is 0. The number of rotatable bonds is 2. The highest BCUT2D eigenvalue weighted by Gasteiger charge is 2.01. The van der Waals surface area contributed by atoms with Crippen molar-refractivity contribution < 1.29 is 4.74 Å². The zero-order valence-electron chi connectivity index (χ0n) is 10.1. The molecular weight excluding hydrogens is 222 g/mol. The van der Waals surface area contributed by atoms with Gasteiger partial charge in [-0.2, -0.15) is 0 Å². The van der Waals surface area contributed by atoms with Crippen molar-refractivity contribution in [3.63, 3.8) is 0 Å². The van der Waals surface area contributed by atoms with Crippen LogP contribution in [0.1, 0.15) is 0 Å². The first-order valence-electron chi connectivity index (χ1n) is 5.85. The van der Waals surface area contributed by atoms with Crippen LogP contribution in [0.25, 0.3) is 21.9 Å². The van der Waals surface area contributed by atoms with Crippen LogP contribution in [0.15, 0.2) is 60.9 Å². The number of nitrogens with zero attached hydrogens (tertiary/aromatic N) is 1. The molecule has 0 amide bonds. The van der Waals surface area contributed by atoms with Crippen LogP contribution in [0.2, 0.25) is 0 Å². The summed E-state index contributed by atoms with van der Waals surface area (Å²) < 4.78 is 5.20. The first-order chi connectivity index (χ1) is 8.86. The van der Waals surface area contributed by atoms with Gasteiger partial charge in [0.2, 0.25) is 0 Å². The van der Waals surface area contributed by atoms with Crippen LogP contribution >= 0.6 is 0 Å². The number of benzene rings is 2. The van der Waals surface area contributed by atoms with E-state index >= 15 is 0 Å². The number of pyridine rings is 1. The fraction of sp³-hybridized carbons (Fsp3) is 0.0625. The molecule has 88 valence electrons. The molecule has 0 fully saturated rings. The van der Waals surface area contributed by atoms with Crippen LogP contribution in [0.4, 0.5) is 0 Å². The fourth-order valence-corrected chi connectivity index (χ4v) is 2.06. The van der Waals surface area contributed by atoms with Gasteiger partial charge in [-0.3, -0.25) is 4.98 Å². The molecule has 1 heterocycles. The highest BCUT2D eigenvalue weighted by atomic mass is 16.5. The maximum absolute atomic E-state index is 5.20. The van der Waals surface area contributed by atoms with E-state index in [-0.39, 0.29) is 0 Å². The lowest BCUT2D eigenvalue weighted by Gasteiger charge is -2.05. The Morgan fingerprint density at radius 3 is 2.50 bits per heavy atom. The van der Waals surface area contributed by atoms with Gasteiger partial charge in [-0.05, 0) is 28.5 Å². The van der Waals surface area contributed by atoms with Gasteiger partial charge in [0.05, 0.1) is 13.3 Å². The van der Waals surface area contributed by atoms with Crippen molar-refractivity contribution in [2.45, 2.75) is 0 Å². The maximum atomic E-state index is 5.20. The lowest BCUT2D eigenvalue weighted by molar-refractivity contribution is 0.413. The van der Waals surface area contributed by atoms with E-state index in [4.69, 9.17) is 4.74 Å². The largest absolute Gasteiger partial charge is 0.495 e. The summed E-state index contributed by atoms with van der Waals surface area (Å²) in [4.78, 5) is 4.19. The molecule has 2 heteroatoms. The monoisotopic (exact) mass is 235 g/mol. The average molecular weight is 235 g/mol. The molecule has 0 saturated heterocycles. The molecule has 0 aliphatic carbocycles. The van der Waals surface area contributed by atoms with Gasteiger partial charge < -0.3 is 4.74 Å². The molecule has 0 saturated carbocycles. The van der Waals surface area contributed by atoms with Gasteiger partial charge in [-0.1, -0.05) is 36.4 Å². The minimum Gasteiger partial charge on any atom is -0.495 e. The molecule has 2 nitrogen and oxygen atoms in total. The fourth-order valence-electron chi connectivity index (χ4n) is 2.06. The summed E-state index contributed by atoms with van der Waals surface area (Å²) in [7, 11) is 1.65. The Labute approximate surface area is 106 Å². The van der Waals surface area contributed by atoms with Crippen molar-refractivity contribution in [3.8, 4) is 16.9 Å². The summed E-state index contributed by atoms with van der Waals surface area (Å²) in [6, 6.07) is 16.7. The second-order valence-corrected chi connectivity index (χ2v) is 4.18. The highest BCUT2D eigenvalue weighted by molar-refractivity contribution is 5.87. The third kappa shape index (κ3) is 1.93. The van der Waals surface area contributed by atoms with Crippen LogP contribution in [0.5, 0.6) is 5.75 Å². The summed E-state index contributed by atoms with van der Waals surface area (Å²) >= 11 is 0. The van der Waals surface area contributed by atoms with E-state index < -0.39 is 0 Å². The number of hydrogen-bond donors (Lipinski definition) is 0. The lowest BCUT2D eigenvalue weighted by Crippen LogP contribution is -1.86. The number of aromatic nitrogens is 1. The van der Waals surface area contributed by atoms with E-state index in [0.717, 1.165) is 16.9 Å². The molecule has 1 aromatic heterocycles. The van der Waals surface area contributed by atoms with Crippen LogP contribution in [-0.2, 0) is 0 Å². The number of ether oxygens (including phenoxy) is 1. The van der Waals surface area contributed by atoms with Crippen molar-refractivity contribution in [1.29, 1.82) is 0 Å². The summed E-state index contributed by atoms with van der Waals surface area (Å²) in [6.07, 6.45) is 3.57. The summed E-state index contributed by atoms with van der Waals surface area (Å²) in [5.74, 6) is 0.778. The van der Waals surface area contributed by atoms with Crippen molar-refractivity contribution in [2.24, 2.45) is 0 Å². The molecule has 2 aromatic carbocycles. The standard InChI is InChI=1S/C16H13NO/c1-18-16-9-15(10-17-11-16)14-7-6-12-4-2-3-5-13(12)8-14/h2-11H,1H3. The molecule has 3 rings (SSSR count). The smallest absolute Gasteiger partial charge is 0.137 e. The Morgan fingerprint density at radius 1 is 0.833 bits per heavy atom. The van der Waals surface area contributed by atoms with Gasteiger partial charge in [0.25, 0.3) is 0 Å². The van der Waals surface area contributed by atoms with Crippen molar-refractivity contribution in [2.75, 3.05) is 7.11 Å². The summed E-state index contributed by atoms with van der Waals surface area (Å²) in [5.41, 5.74) is 2.22. The van der Waals surface area contributed by atoms with Gasteiger partial charge in [-0.15, -0.1) is 0 Å². The Bertz CT molecular complexity index is 691. The molecule has 0 radical (unpaired) electrons. The second-order valence-electron chi connectivity index (χ2n) is 4.18. The Hall–Kier alpha value is -2.35. The number of fused-ring (bicyclic) bond motifs is 1. The van der Waals surface area contributed by atoms with Crippen molar-refractivity contribution >= 4 is 10.8 Å². The summed E-state index contributed by atoms with van der Waals surface area (Å²) in [5, 5.41) is 2.48. The molecule has 0 N–H and O–H groups in total. The average Bonchev–Trinajstić information content (AvgIpc) is 2.47. The van der Waals surface area contributed by atoms with Crippen LogP contribution in [0.3, 0.4) is 0 Å². The third-order valence-electron chi connectivity index (χ3n) is 3.03. The molecule has 18 heavy (non-hydrogen) atoms. The van der Waals surface area contributed by atoms with Crippen molar-refractivity contribution in [1.82, 2.24) is 4.98 Å². The molecule has 0 aliphatic heterocycles. The van der Waals surface area contributed by atoms with Crippen molar-refractivity contribution in [3.05, 3.63) is 60.9 Å². The molecule has 0 spiro atoms. The molecule has 0 bridgehead atoms. The van der Waals surface area contributed by atoms with Crippen LogP contribution < -0.4 is 4.74 Å². The number of methoxy groups -OCH3 is 1. The Morgan fingerprint density at radius 2 is 1.67 bits per heavy atom. The van der Waals surface area contributed by atoms with Crippen LogP contribution in [-0.4, -0.2) is 12.1 Å². The second kappa shape index (κ2) is 4.49. The highest BCUT2D eigenvalue weighted by Crippen LogP contribution is 2.26. The van der Waals surface area contributed by atoms with Gasteiger partial charge in [0.15, 0.2) is 0 Å². The Kier molecular flexibility index (Phi) is 2.69. The Balaban J connectivity index is 2.13. The van der Waals surface area contributed by atoms with Gasteiger partial charge >= 0.3 is 0 Å². The number of hydrogen-bond acceptors (Lipinski definition) is 2. The quantitative estimate of drug-likeness (QED) is 0.671. The molecular formula is C16H13NO. The normalized spacial score (nSPS) is 10.5. The van der Waals surface area contributed by atoms with E-state index in [9.17, 15) is 0 Å². The van der Waals surface area contributed by atoms with Gasteiger partial charge in [0, 0.05) is 11.8 Å². The van der Waals surface area contributed by atoms with E-state index in [0.29, 0.717) is 0 Å². The topological polar surface area (TPSA) is 22.1 Å². The predicted octanol–water partition coefficient (Wildman–Crippen LogP) is 3.91. The van der Waals surface area contributed by atoms with E-state index in [2.05, 4.69) is 47.4 Å². The minimum absolute atomic E-state index is 0.778. The SMILES string of the molecule is COc1cncc(-c2ccc3ccccc3c2)c1. The zero-order valence-corrected chi connectivity index (χ0v) is 10.1. The minimum atomic E-state index is 0.778. The zero-order chi connectivity index (χ0) is 12.4. The first kappa shape index (κ1) is 10.8. The molecule has 0 unspecified atom stereocenters. The molecule has 3 aromatic rings. The van der Waals surface area contributed by atoms with Gasteiger partial charge in [-0.25, -0.2) is 0 Å². The maximum Gasteiger partial charge on any atom is 0.137 e. The molecule has 0 atom stereocenters. The molecule has 0 aliphatic rings.